The van der Waals surface area contributed by atoms with E-state index in [1.165, 1.54) is 36.3 Å². The van der Waals surface area contributed by atoms with E-state index >= 15 is 0 Å². The van der Waals surface area contributed by atoms with Gasteiger partial charge in [0.15, 0.2) is 0 Å². The fourth-order valence-electron chi connectivity index (χ4n) is 7.78. The van der Waals surface area contributed by atoms with Crippen molar-refractivity contribution in [2.24, 2.45) is 22.9 Å². The number of benzene rings is 2. The summed E-state index contributed by atoms with van der Waals surface area (Å²) < 4.78 is 19.3. The summed E-state index contributed by atoms with van der Waals surface area (Å²) in [5.41, 5.74) is 2.15. The molecule has 49 heavy (non-hydrogen) atoms. The fraction of sp³-hybridized carbons (Fsp3) is 0.500. The molecule has 0 aromatic heterocycles. The molecule has 2 aliphatic carbocycles. The van der Waals surface area contributed by atoms with Crippen LogP contribution in [0.4, 0.5) is 10.5 Å². The third-order valence-corrected chi connectivity index (χ3v) is 9.87. The van der Waals surface area contributed by atoms with Crippen molar-refractivity contribution in [2.75, 3.05) is 34.0 Å². The summed E-state index contributed by atoms with van der Waals surface area (Å²) in [6, 6.07) is 9.44. The molecule has 2 aromatic carbocycles. The number of hydrogen-bond donors (Lipinski definition) is 3. The molecule has 0 radical (unpaired) electrons. The van der Waals surface area contributed by atoms with Gasteiger partial charge in [-0.25, -0.2) is 4.79 Å². The van der Waals surface area contributed by atoms with Crippen LogP contribution in [0, 0.1) is 27.9 Å². The van der Waals surface area contributed by atoms with Gasteiger partial charge in [-0.2, -0.15) is 0 Å². The highest BCUT2D eigenvalue weighted by Crippen LogP contribution is 2.61. The van der Waals surface area contributed by atoms with Gasteiger partial charge in [0.05, 0.1) is 23.2 Å². The first kappa shape index (κ1) is 35.8. The molecular formula is C36H45N3O10. The zero-order valence-corrected chi connectivity index (χ0v) is 27.9. The van der Waals surface area contributed by atoms with Crippen molar-refractivity contribution in [2.45, 2.75) is 62.7 Å². The van der Waals surface area contributed by atoms with E-state index in [4.69, 9.17) is 19.0 Å². The van der Waals surface area contributed by atoms with E-state index in [1.807, 2.05) is 0 Å². The average molecular weight is 680 g/mol. The number of allylic oxidation sites excluding steroid dienone is 1. The van der Waals surface area contributed by atoms with Crippen molar-refractivity contribution in [1.29, 1.82) is 0 Å². The number of aromatic hydroxyl groups is 1. The summed E-state index contributed by atoms with van der Waals surface area (Å²) in [6.45, 7) is 4.14. The predicted molar refractivity (Wildman–Crippen MR) is 181 cm³/mol. The lowest BCUT2D eigenvalue weighted by Gasteiger charge is -2.59. The van der Waals surface area contributed by atoms with E-state index in [1.54, 1.807) is 31.3 Å². The van der Waals surface area contributed by atoms with E-state index in [0.717, 1.165) is 36.8 Å². The third kappa shape index (κ3) is 7.29. The molecule has 1 amide bonds. The largest absolute Gasteiger partial charge is 0.508 e. The normalized spacial score (nSPS) is 26.1. The van der Waals surface area contributed by atoms with Gasteiger partial charge in [0.25, 0.3) is 5.69 Å². The molecule has 0 saturated heterocycles. The Morgan fingerprint density at radius 1 is 1.14 bits per heavy atom. The lowest BCUT2D eigenvalue weighted by Crippen LogP contribution is -2.69. The quantitative estimate of drug-likeness (QED) is 0.0918. The number of nitro groups is 1. The molecule has 264 valence electrons. The van der Waals surface area contributed by atoms with Crippen molar-refractivity contribution >= 4 is 17.5 Å². The van der Waals surface area contributed by atoms with Crippen LogP contribution >= 0.6 is 0 Å². The fourth-order valence-corrected chi connectivity index (χ4v) is 7.78. The van der Waals surface area contributed by atoms with Gasteiger partial charge >= 0.3 is 6.09 Å². The molecule has 3 aliphatic rings. The average Bonchev–Trinajstić information content (AvgIpc) is 3.09. The minimum atomic E-state index is -1.46. The van der Waals surface area contributed by atoms with Gasteiger partial charge in [0.1, 0.15) is 30.4 Å². The van der Waals surface area contributed by atoms with E-state index in [2.05, 4.69) is 17.8 Å². The number of aliphatic hydroxyl groups excluding tert-OH is 2. The molecule has 1 aliphatic heterocycles. The molecule has 0 bridgehead atoms. The Bertz CT molecular complexity index is 1560. The number of ether oxygens (including phenoxy) is 3. The molecule has 13 heteroatoms. The van der Waals surface area contributed by atoms with Crippen LogP contribution in [0.5, 0.6) is 17.2 Å². The maximum Gasteiger partial charge on any atom is 0.415 e. The number of nitro benzene ring substituents is 1. The smallest absolute Gasteiger partial charge is 0.415 e. The molecular weight excluding hydrogens is 634 g/mol. The number of fused-ring (bicyclic) bond motifs is 2. The maximum absolute atomic E-state index is 13.8. The molecule has 5 rings (SSSR count). The van der Waals surface area contributed by atoms with Crippen LogP contribution < -0.4 is 9.47 Å². The number of phenols is 1. The lowest BCUT2D eigenvalue weighted by molar-refractivity contribution is -0.384. The minimum absolute atomic E-state index is 0.0232. The van der Waals surface area contributed by atoms with Gasteiger partial charge in [0.2, 0.25) is 5.79 Å². The summed E-state index contributed by atoms with van der Waals surface area (Å²) in [6.07, 6.45) is 7.70. The van der Waals surface area contributed by atoms with Crippen LogP contribution in [0.1, 0.15) is 56.4 Å². The molecule has 1 saturated carbocycles. The maximum atomic E-state index is 13.8. The van der Waals surface area contributed by atoms with Gasteiger partial charge in [-0.05, 0) is 73.4 Å². The molecule has 1 fully saturated rings. The van der Waals surface area contributed by atoms with E-state index in [0.29, 0.717) is 24.3 Å². The first-order valence-corrected chi connectivity index (χ1v) is 16.7. The highest BCUT2D eigenvalue weighted by molar-refractivity contribution is 6.03. The second-order valence-electron chi connectivity index (χ2n) is 12.7. The number of oxime groups is 1. The van der Waals surface area contributed by atoms with Crippen molar-refractivity contribution < 1.29 is 44.1 Å². The standard InChI is InChI=1S/C36H45N3O10/c1-4-19-47-36-32(38(2)35(43)48-26-14-11-24(12-15-26)39(44)45)22-30(37-46-3)28-20-23(9-5-7-17-40)27(10-6-8-18-41)33(34(28)36)29-21-25(42)13-16-31(29)49-36/h4,11-16,20-21,23,27,32-34,40-42H,1,5-10,17-19,22H2,2-3H3/t23-,27+,32-,33+,34+,36+/m0/s1. The van der Waals surface area contributed by atoms with Gasteiger partial charge < -0.3 is 39.3 Å². The third-order valence-electron chi connectivity index (χ3n) is 9.87. The summed E-state index contributed by atoms with van der Waals surface area (Å²) in [5, 5.41) is 45.6. The van der Waals surface area contributed by atoms with Crippen molar-refractivity contribution in [3.63, 3.8) is 0 Å². The Morgan fingerprint density at radius 2 is 1.86 bits per heavy atom. The molecule has 0 unspecified atom stereocenters. The molecule has 6 atom stereocenters. The van der Waals surface area contributed by atoms with Gasteiger partial charge in [-0.15, -0.1) is 6.58 Å². The first-order valence-electron chi connectivity index (χ1n) is 16.7. The number of nitrogens with zero attached hydrogens (tertiary/aromatic N) is 3. The molecule has 2 aromatic rings. The Kier molecular flexibility index (Phi) is 11.6. The Balaban J connectivity index is 1.66. The van der Waals surface area contributed by atoms with E-state index in [-0.39, 0.29) is 61.2 Å². The number of non-ortho nitro benzene ring substituents is 1. The van der Waals surface area contributed by atoms with Crippen molar-refractivity contribution in [1.82, 2.24) is 4.90 Å². The molecule has 3 N–H and O–H groups in total. The van der Waals surface area contributed by atoms with E-state index in [9.17, 15) is 30.2 Å². The number of aliphatic hydroxyl groups is 2. The highest BCUT2D eigenvalue weighted by Gasteiger charge is 2.65. The Hall–Kier alpha value is -4.46. The van der Waals surface area contributed by atoms with Crippen LogP contribution in [-0.4, -0.2) is 82.8 Å². The van der Waals surface area contributed by atoms with Crippen LogP contribution in [0.3, 0.4) is 0 Å². The summed E-state index contributed by atoms with van der Waals surface area (Å²) in [5.74, 6) is -1.42. The van der Waals surface area contributed by atoms with Crippen LogP contribution in [0.25, 0.3) is 0 Å². The van der Waals surface area contributed by atoms with Crippen LogP contribution in [0.15, 0.2) is 71.9 Å². The van der Waals surface area contributed by atoms with Crippen molar-refractivity contribution in [3.05, 3.63) is 82.4 Å². The highest BCUT2D eigenvalue weighted by atomic mass is 16.7. The number of carbonyl (C=O) groups excluding carboxylic acids is 1. The van der Waals surface area contributed by atoms with Crippen molar-refractivity contribution in [3.8, 4) is 17.2 Å². The summed E-state index contributed by atoms with van der Waals surface area (Å²) >= 11 is 0. The summed E-state index contributed by atoms with van der Waals surface area (Å²) in [4.78, 5) is 31.2. The van der Waals surface area contributed by atoms with E-state index < -0.39 is 28.8 Å². The van der Waals surface area contributed by atoms with Crippen LogP contribution in [0.2, 0.25) is 0 Å². The number of hydrogen-bond acceptors (Lipinski definition) is 11. The summed E-state index contributed by atoms with van der Waals surface area (Å²) in [7, 11) is 3.05. The Morgan fingerprint density at radius 3 is 2.51 bits per heavy atom. The zero-order chi connectivity index (χ0) is 35.1. The SMILES string of the molecule is C=CCO[C@@]12Oc3ccc(O)cc3[C@H]3[C@H](CCCCO)[C@@H](CCCCO)C=C(C(=NOC)C[C@@H]1N(C)C(=O)Oc1ccc([N+](=O)[O-])cc1)[C@H]32. The van der Waals surface area contributed by atoms with Gasteiger partial charge in [-0.3, -0.25) is 10.1 Å². The lowest BCUT2D eigenvalue weighted by atomic mass is 9.55. The number of amides is 1. The second-order valence-corrected chi connectivity index (χ2v) is 12.7. The van der Waals surface area contributed by atoms with Gasteiger partial charge in [0, 0.05) is 50.3 Å². The molecule has 1 heterocycles. The predicted octanol–water partition coefficient (Wildman–Crippen LogP) is 5.69. The zero-order valence-electron chi connectivity index (χ0n) is 27.9. The first-order chi connectivity index (χ1) is 23.7. The number of carbonyl (C=O) groups is 1. The number of likely N-dealkylation sites (N-methyl/N-ethyl adjacent to an activating group) is 1. The Labute approximate surface area is 285 Å². The number of rotatable bonds is 15. The molecule has 13 nitrogen and oxygen atoms in total. The van der Waals surface area contributed by atoms with Gasteiger partial charge in [-0.1, -0.05) is 30.1 Å². The topological polar surface area (TPSA) is 173 Å². The monoisotopic (exact) mass is 679 g/mol. The van der Waals surface area contributed by atoms with Crippen LogP contribution in [-0.2, 0) is 9.57 Å². The minimum Gasteiger partial charge on any atom is -0.508 e. The number of unbranched alkanes of at least 4 members (excludes halogenated alkanes) is 2. The number of phenolic OH excluding ortho intramolecular Hbond substituents is 1. The second kappa shape index (κ2) is 15.8. The molecule has 0 spiro atoms.